The molecule has 0 spiro atoms. The van der Waals surface area contributed by atoms with E-state index in [1.165, 1.54) is 11.6 Å². The quantitative estimate of drug-likeness (QED) is 0.380. The van der Waals surface area contributed by atoms with Crippen LogP contribution in [0.2, 0.25) is 0 Å². The maximum atomic E-state index is 12.9. The molecule has 31 heavy (non-hydrogen) atoms. The molecule has 156 valence electrons. The molecule has 1 N–H and O–H groups in total. The lowest BCUT2D eigenvalue weighted by Crippen LogP contribution is -2.23. The Labute approximate surface area is 178 Å². The smallest absolute Gasteiger partial charge is 0.274 e. The number of carbonyl (C=O) groups is 1. The Morgan fingerprint density at radius 1 is 1.13 bits per heavy atom. The molecule has 0 unspecified atom stereocenters. The summed E-state index contributed by atoms with van der Waals surface area (Å²) in [6.45, 7) is 4.45. The number of fused-ring (bicyclic) bond motifs is 1. The summed E-state index contributed by atoms with van der Waals surface area (Å²) in [5, 5.41) is 19.1. The molecule has 8 heteroatoms. The predicted octanol–water partition coefficient (Wildman–Crippen LogP) is 3.93. The zero-order chi connectivity index (χ0) is 22.0. The predicted molar refractivity (Wildman–Crippen MR) is 117 cm³/mol. The first-order valence-corrected chi connectivity index (χ1v) is 9.81. The Hall–Kier alpha value is -4.07. The van der Waals surface area contributed by atoms with E-state index in [0.717, 1.165) is 5.56 Å². The minimum absolute atomic E-state index is 0.0234. The van der Waals surface area contributed by atoms with Gasteiger partial charge in [-0.25, -0.2) is 9.67 Å². The number of pyridine rings is 1. The summed E-state index contributed by atoms with van der Waals surface area (Å²) in [5.74, 6) is -0.330. The molecule has 2 heterocycles. The zero-order valence-electron chi connectivity index (χ0n) is 17.2. The van der Waals surface area contributed by atoms with E-state index in [1.807, 2.05) is 38.1 Å². The molecule has 1 amide bonds. The summed E-state index contributed by atoms with van der Waals surface area (Å²) < 4.78 is 1.77. The molecule has 0 saturated carbocycles. The molecule has 8 nitrogen and oxygen atoms in total. The second-order valence-electron chi connectivity index (χ2n) is 7.40. The van der Waals surface area contributed by atoms with Gasteiger partial charge in [-0.05, 0) is 25.5 Å². The third kappa shape index (κ3) is 4.28. The van der Waals surface area contributed by atoms with E-state index in [-0.39, 0.29) is 18.1 Å². The average Bonchev–Trinajstić information content (AvgIpc) is 3.15. The van der Waals surface area contributed by atoms with Gasteiger partial charge in [-0.1, -0.05) is 48.0 Å². The van der Waals surface area contributed by atoms with Gasteiger partial charge in [0.25, 0.3) is 11.6 Å². The first kappa shape index (κ1) is 20.2. The van der Waals surface area contributed by atoms with Crippen LogP contribution in [0, 0.1) is 24.0 Å². The number of benzene rings is 2. The van der Waals surface area contributed by atoms with E-state index < -0.39 is 4.92 Å². The van der Waals surface area contributed by atoms with E-state index in [9.17, 15) is 14.9 Å². The second-order valence-corrected chi connectivity index (χ2v) is 7.40. The summed E-state index contributed by atoms with van der Waals surface area (Å²) in [6.07, 6.45) is 1.63. The van der Waals surface area contributed by atoms with Gasteiger partial charge in [0.15, 0.2) is 5.65 Å². The van der Waals surface area contributed by atoms with Crippen LogP contribution in [-0.4, -0.2) is 25.6 Å². The molecule has 2 aromatic heterocycles. The van der Waals surface area contributed by atoms with Gasteiger partial charge in [0, 0.05) is 23.9 Å². The number of nitrogens with one attached hydrogen (secondary N) is 1. The number of para-hydroxylation sites is 1. The third-order valence-corrected chi connectivity index (χ3v) is 5.06. The van der Waals surface area contributed by atoms with E-state index in [1.54, 1.807) is 35.1 Å². The average molecular weight is 415 g/mol. The molecule has 4 rings (SSSR count). The summed E-state index contributed by atoms with van der Waals surface area (Å²) in [6, 6.07) is 16.2. The Morgan fingerprint density at radius 3 is 2.61 bits per heavy atom. The Morgan fingerprint density at radius 2 is 1.87 bits per heavy atom. The zero-order valence-corrected chi connectivity index (χ0v) is 17.2. The topological polar surface area (TPSA) is 103 Å². The van der Waals surface area contributed by atoms with Crippen LogP contribution in [0.15, 0.2) is 60.8 Å². The van der Waals surface area contributed by atoms with Gasteiger partial charge < -0.3 is 5.32 Å². The highest BCUT2D eigenvalue weighted by atomic mass is 16.6. The minimum atomic E-state index is -0.453. The molecular formula is C23H21N5O3. The molecule has 0 aliphatic carbocycles. The lowest BCUT2D eigenvalue weighted by Gasteiger charge is -2.09. The van der Waals surface area contributed by atoms with Crippen LogP contribution in [-0.2, 0) is 13.1 Å². The van der Waals surface area contributed by atoms with Gasteiger partial charge in [0.05, 0.1) is 28.6 Å². The fourth-order valence-corrected chi connectivity index (χ4v) is 3.45. The Kier molecular flexibility index (Phi) is 5.44. The van der Waals surface area contributed by atoms with Gasteiger partial charge in [-0.2, -0.15) is 5.10 Å². The number of nitro benzene ring substituents is 1. The van der Waals surface area contributed by atoms with E-state index in [4.69, 9.17) is 0 Å². The first-order valence-electron chi connectivity index (χ1n) is 9.81. The molecule has 0 atom stereocenters. The van der Waals surface area contributed by atoms with Crippen molar-refractivity contribution in [2.45, 2.75) is 26.9 Å². The van der Waals surface area contributed by atoms with Crippen molar-refractivity contribution >= 4 is 22.6 Å². The number of aromatic nitrogens is 3. The number of nitro groups is 1. The van der Waals surface area contributed by atoms with E-state index in [0.29, 0.717) is 34.4 Å². The highest BCUT2D eigenvalue weighted by Crippen LogP contribution is 2.21. The van der Waals surface area contributed by atoms with E-state index in [2.05, 4.69) is 15.4 Å². The Bertz CT molecular complexity index is 1280. The molecule has 0 fully saturated rings. The van der Waals surface area contributed by atoms with Crippen LogP contribution in [0.1, 0.15) is 32.7 Å². The molecule has 4 aromatic rings. The normalized spacial score (nSPS) is 10.9. The van der Waals surface area contributed by atoms with Gasteiger partial charge in [0.1, 0.15) is 0 Å². The van der Waals surface area contributed by atoms with Crippen molar-refractivity contribution in [1.29, 1.82) is 0 Å². The number of rotatable bonds is 6. The van der Waals surface area contributed by atoms with Crippen LogP contribution >= 0.6 is 0 Å². The first-order chi connectivity index (χ1) is 14.9. The second kappa shape index (κ2) is 8.35. The number of carbonyl (C=O) groups excluding carboxylic acids is 1. The number of nitrogens with zero attached hydrogens (tertiary/aromatic N) is 4. The van der Waals surface area contributed by atoms with Crippen LogP contribution in [0.5, 0.6) is 0 Å². The fourth-order valence-electron chi connectivity index (χ4n) is 3.45. The summed E-state index contributed by atoms with van der Waals surface area (Å²) in [7, 11) is 0. The van der Waals surface area contributed by atoms with Crippen molar-refractivity contribution in [3.8, 4) is 0 Å². The summed E-state index contributed by atoms with van der Waals surface area (Å²) in [4.78, 5) is 28.3. The molecule has 0 aliphatic heterocycles. The molecule has 0 radical (unpaired) electrons. The van der Waals surface area contributed by atoms with Crippen molar-refractivity contribution in [1.82, 2.24) is 20.1 Å². The van der Waals surface area contributed by atoms with Crippen molar-refractivity contribution in [3.05, 3.63) is 98.9 Å². The summed E-state index contributed by atoms with van der Waals surface area (Å²) >= 11 is 0. The van der Waals surface area contributed by atoms with Gasteiger partial charge in [0.2, 0.25) is 0 Å². The number of hydrogen-bond donors (Lipinski definition) is 1. The maximum Gasteiger partial charge on any atom is 0.274 e. The number of aryl methyl sites for hydroxylation is 2. The maximum absolute atomic E-state index is 12.9. The van der Waals surface area contributed by atoms with Crippen molar-refractivity contribution in [2.75, 3.05) is 0 Å². The standard InChI is InChI=1S/C23H21N5O3/c1-15-7-9-17(10-8-15)14-27-22-20(13-25-27)19(11-16(2)26-22)23(29)24-12-18-5-3-4-6-21(18)28(30)31/h3-11,13H,12,14H2,1-2H3,(H,24,29). The monoisotopic (exact) mass is 415 g/mol. The molecular weight excluding hydrogens is 394 g/mol. The van der Waals surface area contributed by atoms with Crippen molar-refractivity contribution in [2.24, 2.45) is 0 Å². The SMILES string of the molecule is Cc1ccc(Cn2ncc3c(C(=O)NCc4ccccc4[N+](=O)[O-])cc(C)nc32)cc1. The largest absolute Gasteiger partial charge is 0.348 e. The number of amides is 1. The van der Waals surface area contributed by atoms with Crippen LogP contribution < -0.4 is 5.32 Å². The van der Waals surface area contributed by atoms with Gasteiger partial charge >= 0.3 is 0 Å². The highest BCUT2D eigenvalue weighted by Gasteiger charge is 2.18. The third-order valence-electron chi connectivity index (χ3n) is 5.06. The molecule has 0 bridgehead atoms. The van der Waals surface area contributed by atoms with Crippen LogP contribution in [0.4, 0.5) is 5.69 Å². The van der Waals surface area contributed by atoms with Crippen LogP contribution in [0.25, 0.3) is 11.0 Å². The lowest BCUT2D eigenvalue weighted by molar-refractivity contribution is -0.385. The van der Waals surface area contributed by atoms with Gasteiger partial charge in [-0.15, -0.1) is 0 Å². The molecule has 2 aromatic carbocycles. The minimum Gasteiger partial charge on any atom is -0.348 e. The van der Waals surface area contributed by atoms with Gasteiger partial charge in [-0.3, -0.25) is 14.9 Å². The van der Waals surface area contributed by atoms with Crippen LogP contribution in [0.3, 0.4) is 0 Å². The Balaban J connectivity index is 1.60. The highest BCUT2D eigenvalue weighted by molar-refractivity contribution is 6.05. The fraction of sp³-hybridized carbons (Fsp3) is 0.174. The van der Waals surface area contributed by atoms with Crippen molar-refractivity contribution in [3.63, 3.8) is 0 Å². The van der Waals surface area contributed by atoms with Crippen molar-refractivity contribution < 1.29 is 9.72 Å². The molecule has 0 saturated heterocycles. The lowest BCUT2D eigenvalue weighted by atomic mass is 10.1. The van der Waals surface area contributed by atoms with E-state index >= 15 is 0 Å². The number of hydrogen-bond acceptors (Lipinski definition) is 5. The molecule has 0 aliphatic rings. The summed E-state index contributed by atoms with van der Waals surface area (Å²) in [5.41, 5.74) is 4.44.